The van der Waals surface area contributed by atoms with Crippen LogP contribution in [0.15, 0.2) is 60.8 Å². The maximum atomic E-state index is 3.99. The van der Waals surface area contributed by atoms with Crippen LogP contribution < -0.4 is 10.4 Å². The van der Waals surface area contributed by atoms with Crippen LogP contribution in [0.5, 0.6) is 0 Å². The molecule has 0 spiro atoms. The average molecular weight is 207 g/mol. The highest BCUT2D eigenvalue weighted by atomic mass is 28.3. The summed E-state index contributed by atoms with van der Waals surface area (Å²) in [6, 6.07) is 17.4. The van der Waals surface area contributed by atoms with E-state index in [9.17, 15) is 0 Å². The van der Waals surface area contributed by atoms with Crippen LogP contribution in [0.25, 0.3) is 11.1 Å². The Morgan fingerprint density at radius 3 is 1.73 bits per heavy atom. The summed E-state index contributed by atoms with van der Waals surface area (Å²) in [7, 11) is -0.701. The summed E-state index contributed by atoms with van der Waals surface area (Å²) < 4.78 is 0. The number of benzene rings is 2. The fourth-order valence-electron chi connectivity index (χ4n) is 2.27. The first-order valence-electron chi connectivity index (χ1n) is 5.10. The Balaban J connectivity index is 2.35. The lowest BCUT2D eigenvalue weighted by Gasteiger charge is -2.03. The molecule has 0 aromatic heterocycles. The van der Waals surface area contributed by atoms with Gasteiger partial charge in [0, 0.05) is 0 Å². The van der Waals surface area contributed by atoms with Crippen molar-refractivity contribution in [2.45, 2.75) is 0 Å². The van der Waals surface area contributed by atoms with Crippen LogP contribution >= 0.6 is 0 Å². The van der Waals surface area contributed by atoms with Crippen LogP contribution in [0, 0.1) is 0 Å². The zero-order chi connectivity index (χ0) is 10.3. The first-order chi connectivity index (χ1) is 7.42. The van der Waals surface area contributed by atoms with Crippen molar-refractivity contribution < 1.29 is 0 Å². The summed E-state index contributed by atoms with van der Waals surface area (Å²) in [5.74, 6) is 0. The Morgan fingerprint density at radius 2 is 1.27 bits per heavy atom. The lowest BCUT2D eigenvalue weighted by Crippen LogP contribution is -2.35. The molecule has 0 aliphatic carbocycles. The molecule has 0 bridgehead atoms. The second kappa shape index (κ2) is 3.21. The first kappa shape index (κ1) is 8.68. The molecule has 2 aromatic carbocycles. The zero-order valence-corrected chi connectivity index (χ0v) is 9.40. The summed E-state index contributed by atoms with van der Waals surface area (Å²) in [5.41, 5.74) is 4.94. The molecule has 0 N–H and O–H groups in total. The molecule has 0 amide bonds. The van der Waals surface area contributed by atoms with Gasteiger partial charge in [-0.2, -0.15) is 0 Å². The smallest absolute Gasteiger partial charge is 0.106 e. The summed E-state index contributed by atoms with van der Waals surface area (Å²) >= 11 is 0. The third-order valence-electron chi connectivity index (χ3n) is 2.93. The quantitative estimate of drug-likeness (QED) is 0.627. The molecule has 1 radical (unpaired) electrons. The van der Waals surface area contributed by atoms with Crippen molar-refractivity contribution in [3.8, 4) is 11.1 Å². The molecule has 1 aliphatic rings. The molecular formula is C14H11Si. The Bertz CT molecular complexity index is 483. The molecule has 1 aliphatic heterocycles. The lowest BCUT2D eigenvalue weighted by atomic mass is 10.1. The fraction of sp³-hybridized carbons (Fsp3) is 0. The predicted molar refractivity (Wildman–Crippen MR) is 67.1 cm³/mol. The molecule has 1 heterocycles. The minimum atomic E-state index is -0.701. The van der Waals surface area contributed by atoms with E-state index in [0.717, 1.165) is 0 Å². The molecule has 0 fully saturated rings. The molecule has 0 unspecified atom stereocenters. The van der Waals surface area contributed by atoms with Crippen molar-refractivity contribution in [3.63, 3.8) is 0 Å². The second-order valence-electron chi connectivity index (χ2n) is 3.71. The van der Waals surface area contributed by atoms with Gasteiger partial charge in [-0.25, -0.2) is 0 Å². The highest BCUT2D eigenvalue weighted by molar-refractivity contribution is 6.93. The van der Waals surface area contributed by atoms with Crippen molar-refractivity contribution >= 4 is 19.2 Å². The van der Waals surface area contributed by atoms with Crippen molar-refractivity contribution in [3.05, 3.63) is 60.8 Å². The Kier molecular flexibility index (Phi) is 1.86. The third-order valence-corrected chi connectivity index (χ3v) is 5.37. The monoisotopic (exact) mass is 207 g/mol. The van der Waals surface area contributed by atoms with Crippen molar-refractivity contribution in [1.29, 1.82) is 0 Å². The highest BCUT2D eigenvalue weighted by Gasteiger charge is 2.26. The van der Waals surface area contributed by atoms with E-state index in [1.807, 2.05) is 0 Å². The van der Waals surface area contributed by atoms with Gasteiger partial charge in [-0.1, -0.05) is 54.2 Å². The van der Waals surface area contributed by atoms with E-state index in [2.05, 4.69) is 60.8 Å². The maximum absolute atomic E-state index is 3.99. The van der Waals surface area contributed by atoms with Crippen LogP contribution in [-0.2, 0) is 0 Å². The van der Waals surface area contributed by atoms with E-state index in [0.29, 0.717) is 0 Å². The summed E-state index contributed by atoms with van der Waals surface area (Å²) in [4.78, 5) is 0. The zero-order valence-electron chi connectivity index (χ0n) is 8.40. The molecule has 15 heavy (non-hydrogen) atoms. The normalized spacial score (nSPS) is 13.3. The fourth-order valence-corrected chi connectivity index (χ4v) is 4.57. The molecular weight excluding hydrogens is 196 g/mol. The number of hydrogen-bond donors (Lipinski definition) is 0. The first-order valence-corrected chi connectivity index (χ1v) is 6.68. The van der Waals surface area contributed by atoms with E-state index in [4.69, 9.17) is 0 Å². The van der Waals surface area contributed by atoms with Gasteiger partial charge in [0.05, 0.1) is 0 Å². The van der Waals surface area contributed by atoms with Crippen LogP contribution in [0.2, 0.25) is 0 Å². The van der Waals surface area contributed by atoms with Crippen molar-refractivity contribution in [2.24, 2.45) is 0 Å². The van der Waals surface area contributed by atoms with Crippen LogP contribution in [0.4, 0.5) is 0 Å². The van der Waals surface area contributed by atoms with Gasteiger partial charge in [-0.05, 0) is 21.5 Å². The van der Waals surface area contributed by atoms with Gasteiger partial charge in [-0.15, -0.1) is 6.58 Å². The average Bonchev–Trinajstić information content (AvgIpc) is 2.63. The molecule has 0 nitrogen and oxygen atoms in total. The van der Waals surface area contributed by atoms with Crippen molar-refractivity contribution in [1.82, 2.24) is 0 Å². The number of rotatable bonds is 1. The lowest BCUT2D eigenvalue weighted by molar-refractivity contribution is 1.71. The summed E-state index contributed by atoms with van der Waals surface area (Å²) in [5, 5.41) is 2.97. The van der Waals surface area contributed by atoms with Gasteiger partial charge < -0.3 is 0 Å². The molecule has 2 aromatic rings. The molecule has 0 saturated carbocycles. The van der Waals surface area contributed by atoms with Gasteiger partial charge in [0.15, 0.2) is 0 Å². The molecule has 0 saturated heterocycles. The van der Waals surface area contributed by atoms with Crippen LogP contribution in [-0.4, -0.2) is 8.80 Å². The van der Waals surface area contributed by atoms with Crippen LogP contribution in [0.1, 0.15) is 0 Å². The van der Waals surface area contributed by atoms with E-state index < -0.39 is 8.80 Å². The molecule has 1 heteroatoms. The topological polar surface area (TPSA) is 0 Å². The van der Waals surface area contributed by atoms with Gasteiger partial charge in [0.1, 0.15) is 8.80 Å². The standard InChI is InChI=1S/C14H11Si/c1-2-15-13-9-5-3-7-11(13)12-8-4-6-10-14(12)15/h2-10H,1H2. The number of fused-ring (bicyclic) bond motifs is 3. The Labute approximate surface area is 91.5 Å². The van der Waals surface area contributed by atoms with Crippen molar-refractivity contribution in [2.75, 3.05) is 0 Å². The van der Waals surface area contributed by atoms with E-state index >= 15 is 0 Å². The number of hydrogen-bond acceptors (Lipinski definition) is 0. The Hall–Kier alpha value is -1.60. The molecule has 0 atom stereocenters. The van der Waals surface area contributed by atoms with Gasteiger partial charge >= 0.3 is 0 Å². The van der Waals surface area contributed by atoms with Gasteiger partial charge in [-0.3, -0.25) is 0 Å². The largest absolute Gasteiger partial charge is 0.148 e. The SMILES string of the molecule is C=C[Si]1c2ccccc2-c2ccccc21. The second-order valence-corrected chi connectivity index (χ2v) is 6.02. The maximum Gasteiger partial charge on any atom is 0.148 e. The van der Waals surface area contributed by atoms with Gasteiger partial charge in [0.25, 0.3) is 0 Å². The predicted octanol–water partition coefficient (Wildman–Crippen LogP) is 2.00. The van der Waals surface area contributed by atoms with E-state index in [1.54, 1.807) is 0 Å². The summed E-state index contributed by atoms with van der Waals surface area (Å²) in [6.07, 6.45) is 0. The van der Waals surface area contributed by atoms with Crippen LogP contribution in [0.3, 0.4) is 0 Å². The van der Waals surface area contributed by atoms with Gasteiger partial charge in [0.2, 0.25) is 0 Å². The molecule has 3 rings (SSSR count). The minimum Gasteiger partial charge on any atom is -0.106 e. The third kappa shape index (κ3) is 1.13. The Morgan fingerprint density at radius 1 is 0.800 bits per heavy atom. The molecule has 71 valence electrons. The van der Waals surface area contributed by atoms with E-state index in [-0.39, 0.29) is 0 Å². The van der Waals surface area contributed by atoms with E-state index in [1.165, 1.54) is 21.5 Å². The minimum absolute atomic E-state index is 0.701. The summed E-state index contributed by atoms with van der Waals surface area (Å²) in [6.45, 7) is 3.99. The highest BCUT2D eigenvalue weighted by Crippen LogP contribution is 2.22.